The molecular formula is C80H175ClO8Si4. The van der Waals surface area contributed by atoms with Crippen molar-refractivity contribution >= 4 is 53.5 Å². The number of hydrogen-bond acceptors (Lipinski definition) is 8. The number of halogens is 1. The smallest absolute Gasteiger partial charge is 0.349 e. The molecule has 0 aliphatic heterocycles. The zero-order valence-corrected chi connectivity index (χ0v) is 65.8. The molecule has 0 amide bonds. The second-order valence-electron chi connectivity index (χ2n) is 30.0. The van der Waals surface area contributed by atoms with Gasteiger partial charge in [-0.25, -0.2) is 0 Å². The first-order valence-corrected chi connectivity index (χ1v) is 42.2. The molecule has 0 saturated carbocycles. The summed E-state index contributed by atoms with van der Waals surface area (Å²) in [4.78, 5) is 0. The molecule has 0 bridgehead atoms. The van der Waals surface area contributed by atoms with Crippen LogP contribution >= 0.6 is 11.6 Å². The normalized spacial score (nSPS) is 13.9. The van der Waals surface area contributed by atoms with Crippen LogP contribution in [0.2, 0.25) is 0 Å². The van der Waals surface area contributed by atoms with Crippen LogP contribution in [0.25, 0.3) is 0 Å². The van der Waals surface area contributed by atoms with Gasteiger partial charge in [0, 0.05) is 33.5 Å². The van der Waals surface area contributed by atoms with Gasteiger partial charge < -0.3 is 32.2 Å². The molecule has 0 N–H and O–H groups in total. The van der Waals surface area contributed by atoms with Crippen LogP contribution in [0.1, 0.15) is 450 Å². The first kappa shape index (κ1) is 100. The number of methoxy groups -OCH3 is 2. The fourth-order valence-electron chi connectivity index (χ4n) is 13.9. The summed E-state index contributed by atoms with van der Waals surface area (Å²) in [7, 11) is -1.57. The molecule has 0 aliphatic rings. The second kappa shape index (κ2) is 63.7. The fourth-order valence-corrected chi connectivity index (χ4v) is 17.4. The summed E-state index contributed by atoms with van der Waals surface area (Å²) in [5.74, 6) is -2.13. The summed E-state index contributed by atoms with van der Waals surface area (Å²) >= 11 is 7.58. The summed E-state index contributed by atoms with van der Waals surface area (Å²) in [6.45, 7) is 31.2. The molecule has 0 aromatic rings. The summed E-state index contributed by atoms with van der Waals surface area (Å²) in [6, 6.07) is 0. The number of hydrogen-bond donors (Lipinski definition) is 0. The van der Waals surface area contributed by atoms with Crippen molar-refractivity contribution in [3.8, 4) is 0 Å². The molecule has 0 heterocycles. The minimum absolute atomic E-state index is 0. The first-order chi connectivity index (χ1) is 43.3. The molecule has 8 nitrogen and oxygen atoms in total. The van der Waals surface area contributed by atoms with Crippen molar-refractivity contribution in [2.45, 2.75) is 479 Å². The standard InChI is InChI=1S/C80H163ClO8Si.3H4Si/c1-17-24-29-34-38-42-46-47-48-49-50-51-55-59-63-68-73-78(72-67-62-58-54-45-41-37-32-27-20-4,88-90(86-74(8)9,87-76(13,14)75(10,11)12)89-80(84-22-6,85-23-7)79(81,82-15)83-16)77(69-64-33-28-21-5,70-65-60-56-52-43-39-35-30-25-18-2)71-66-61-57-53-44-40-36-31-26-19-3;;;/h74H,17-73H2,1-16H3;3*1H4. The van der Waals surface area contributed by atoms with E-state index in [2.05, 4.69) is 83.1 Å². The Hall–Kier alpha value is 0.838. The predicted molar refractivity (Wildman–Crippen MR) is 429 cm³/mol. The van der Waals surface area contributed by atoms with E-state index in [4.69, 9.17) is 48.3 Å². The Bertz CT molecular complexity index is 1510. The van der Waals surface area contributed by atoms with E-state index in [-0.39, 0.29) is 63.0 Å². The third-order valence-corrected chi connectivity index (χ3v) is 23.8. The molecule has 2 unspecified atom stereocenters. The molecule has 13 heteroatoms. The SMILES string of the molecule is CCCCCCCCCCCCCCCCCCC(CCCCCCCCCCCC)(O[Si](OC(C)C)(OC(C)(C)C(C)(C)C)OC(OCC)(OCC)C(Cl)(OC)OC)C(CCCCCC)(CCCCCCCCCCCC)CCCCCCCCCCCC.[SiH4].[SiH4].[SiH4]. The lowest BCUT2D eigenvalue weighted by Crippen LogP contribution is -2.71. The van der Waals surface area contributed by atoms with Gasteiger partial charge in [-0.3, -0.25) is 4.43 Å². The molecule has 93 heavy (non-hydrogen) atoms. The molecule has 0 rings (SSSR count). The molecule has 566 valence electrons. The summed E-state index contributed by atoms with van der Waals surface area (Å²) in [6.07, 6.45) is 70.4. The fraction of sp³-hybridized carbons (Fsp3) is 1.00. The zero-order chi connectivity index (χ0) is 67.0. The van der Waals surface area contributed by atoms with Crippen molar-refractivity contribution in [1.82, 2.24) is 0 Å². The molecule has 0 spiro atoms. The molecule has 0 aromatic carbocycles. The highest BCUT2D eigenvalue weighted by molar-refractivity contribution is 6.54. The van der Waals surface area contributed by atoms with Crippen LogP contribution in [0.15, 0.2) is 0 Å². The van der Waals surface area contributed by atoms with Crippen molar-refractivity contribution in [3.63, 3.8) is 0 Å². The largest absolute Gasteiger partial charge is 0.685 e. The van der Waals surface area contributed by atoms with Gasteiger partial charge in [0.1, 0.15) is 0 Å². The van der Waals surface area contributed by atoms with E-state index in [1.165, 1.54) is 322 Å². The van der Waals surface area contributed by atoms with Crippen molar-refractivity contribution in [2.24, 2.45) is 10.8 Å². The molecular weight excluding hydrogens is 1240 g/mol. The number of unbranched alkanes of at least 4 members (excludes halogenated alkanes) is 45. The van der Waals surface area contributed by atoms with Gasteiger partial charge in [0.05, 0.1) is 11.2 Å². The Morgan fingerprint density at radius 2 is 0.538 bits per heavy atom. The zero-order valence-electron chi connectivity index (χ0n) is 64.0. The third-order valence-electron chi connectivity index (χ3n) is 20.6. The first-order valence-electron chi connectivity index (χ1n) is 40.2. The van der Waals surface area contributed by atoms with E-state index >= 15 is 0 Å². The summed E-state index contributed by atoms with van der Waals surface area (Å²) < 4.78 is 57.8. The van der Waals surface area contributed by atoms with Gasteiger partial charge in [-0.2, -0.15) is 0 Å². The highest BCUT2D eigenvalue weighted by Crippen LogP contribution is 2.56. The van der Waals surface area contributed by atoms with Crippen LogP contribution in [0.4, 0.5) is 0 Å². The van der Waals surface area contributed by atoms with E-state index in [1.807, 2.05) is 13.8 Å². The van der Waals surface area contributed by atoms with E-state index in [9.17, 15) is 0 Å². The topological polar surface area (TPSA) is 73.8 Å². The molecule has 2 atom stereocenters. The lowest BCUT2D eigenvalue weighted by molar-refractivity contribution is -0.456. The summed E-state index contributed by atoms with van der Waals surface area (Å²) in [5, 5.41) is -2.05. The highest BCUT2D eigenvalue weighted by atomic mass is 35.5. The maximum atomic E-state index is 8.76. The minimum Gasteiger partial charge on any atom is -0.349 e. The average Bonchev–Trinajstić information content (AvgIpc) is 0.740. The van der Waals surface area contributed by atoms with Crippen LogP contribution < -0.4 is 0 Å². The van der Waals surface area contributed by atoms with Crippen LogP contribution in [0, 0.1) is 10.8 Å². The van der Waals surface area contributed by atoms with Crippen molar-refractivity contribution in [2.75, 3.05) is 27.4 Å². The van der Waals surface area contributed by atoms with Crippen LogP contribution in [0.3, 0.4) is 0 Å². The van der Waals surface area contributed by atoms with Gasteiger partial charge in [-0.05, 0) is 129 Å². The maximum Gasteiger partial charge on any atom is 0.685 e. The van der Waals surface area contributed by atoms with Gasteiger partial charge in [0.15, 0.2) is 0 Å². The van der Waals surface area contributed by atoms with Gasteiger partial charge >= 0.3 is 20.3 Å². The lowest BCUT2D eigenvalue weighted by atomic mass is 9.59. The van der Waals surface area contributed by atoms with Gasteiger partial charge in [-0.15, -0.1) is 0 Å². The van der Waals surface area contributed by atoms with Crippen molar-refractivity contribution in [1.29, 1.82) is 0 Å². The molecule has 0 aliphatic carbocycles. The maximum absolute atomic E-state index is 8.76. The second-order valence-corrected chi connectivity index (χ2v) is 32.4. The van der Waals surface area contributed by atoms with Gasteiger partial charge in [-0.1, -0.05) is 376 Å². The van der Waals surface area contributed by atoms with Crippen molar-refractivity contribution < 1.29 is 36.7 Å². The molecule has 0 radical (unpaired) electrons. The average molecular weight is 1410 g/mol. The number of rotatable bonds is 71. The predicted octanol–water partition coefficient (Wildman–Crippen LogP) is 23.6. The van der Waals surface area contributed by atoms with E-state index in [1.54, 1.807) is 0 Å². The summed E-state index contributed by atoms with van der Waals surface area (Å²) in [5.41, 5.74) is -2.05. The van der Waals surface area contributed by atoms with Gasteiger partial charge in [0.25, 0.3) is 0 Å². The third kappa shape index (κ3) is 45.4. The van der Waals surface area contributed by atoms with E-state index in [0.29, 0.717) is 0 Å². The van der Waals surface area contributed by atoms with Crippen LogP contribution in [-0.2, 0) is 36.7 Å². The Kier molecular flexibility index (Phi) is 68.7. The van der Waals surface area contributed by atoms with E-state index in [0.717, 1.165) is 44.9 Å². The Morgan fingerprint density at radius 3 is 0.753 bits per heavy atom. The van der Waals surface area contributed by atoms with E-state index < -0.39 is 31.5 Å². The number of alkyl halides is 1. The van der Waals surface area contributed by atoms with Crippen LogP contribution in [0.5, 0.6) is 0 Å². The lowest BCUT2D eigenvalue weighted by Gasteiger charge is -2.56. The van der Waals surface area contributed by atoms with Gasteiger partial charge in [0.2, 0.25) is 0 Å². The molecule has 0 fully saturated rings. The number of ether oxygens (including phenoxy) is 4. The Balaban J connectivity index is -0.0000132. The Labute approximate surface area is 603 Å². The van der Waals surface area contributed by atoms with Crippen molar-refractivity contribution in [3.05, 3.63) is 0 Å². The minimum atomic E-state index is -4.62. The quantitative estimate of drug-likeness (QED) is 0.0258. The monoisotopic (exact) mass is 1410 g/mol. The molecule has 0 saturated heterocycles. The highest BCUT2D eigenvalue weighted by Gasteiger charge is 2.70. The molecule has 0 aromatic heterocycles. The Morgan fingerprint density at radius 1 is 0.312 bits per heavy atom. The van der Waals surface area contributed by atoms with Crippen LogP contribution in [-0.4, -0.2) is 97.9 Å².